The van der Waals surface area contributed by atoms with E-state index < -0.39 is 11.6 Å². The third-order valence-corrected chi connectivity index (χ3v) is 5.25. The molecular formula is C30H45ClO5. The van der Waals surface area contributed by atoms with E-state index in [9.17, 15) is 9.59 Å². The summed E-state index contributed by atoms with van der Waals surface area (Å²) in [6.07, 6.45) is 23.4. The predicted octanol–water partition coefficient (Wildman–Crippen LogP) is 8.72. The number of esters is 1. The van der Waals surface area contributed by atoms with E-state index in [2.05, 4.69) is 43.4 Å². The first-order valence-electron chi connectivity index (χ1n) is 13.0. The highest BCUT2D eigenvalue weighted by molar-refractivity contribution is 6.30. The first-order valence-corrected chi connectivity index (χ1v) is 13.4. The van der Waals surface area contributed by atoms with E-state index in [-0.39, 0.29) is 5.97 Å². The molecule has 6 heteroatoms. The van der Waals surface area contributed by atoms with Gasteiger partial charge >= 0.3 is 11.9 Å². The summed E-state index contributed by atoms with van der Waals surface area (Å²) < 4.78 is 10.5. The van der Waals surface area contributed by atoms with Crippen molar-refractivity contribution in [2.24, 2.45) is 0 Å². The van der Waals surface area contributed by atoms with Crippen molar-refractivity contribution in [1.82, 2.24) is 0 Å². The fraction of sp³-hybridized carbons (Fsp3) is 0.533. The average Bonchev–Trinajstić information content (AvgIpc) is 2.83. The Morgan fingerprint density at radius 2 is 1.42 bits per heavy atom. The monoisotopic (exact) mass is 520 g/mol. The molecule has 0 aliphatic carbocycles. The maximum absolute atomic E-state index is 11.6. The Labute approximate surface area is 223 Å². The molecule has 0 bridgehead atoms. The van der Waals surface area contributed by atoms with Crippen LogP contribution in [0.4, 0.5) is 0 Å². The third kappa shape index (κ3) is 19.7. The second-order valence-electron chi connectivity index (χ2n) is 8.78. The van der Waals surface area contributed by atoms with Crippen molar-refractivity contribution in [2.45, 2.75) is 97.5 Å². The number of hydrogen-bond acceptors (Lipinski definition) is 4. The zero-order valence-corrected chi connectivity index (χ0v) is 23.3. The molecule has 0 spiro atoms. The summed E-state index contributed by atoms with van der Waals surface area (Å²) in [6, 6.07) is 6.84. The number of carboxylic acids is 1. The van der Waals surface area contributed by atoms with Gasteiger partial charge in [0.1, 0.15) is 5.75 Å². The molecule has 0 aromatic heterocycles. The van der Waals surface area contributed by atoms with E-state index >= 15 is 0 Å². The van der Waals surface area contributed by atoms with E-state index in [0.717, 1.165) is 44.9 Å². The van der Waals surface area contributed by atoms with Gasteiger partial charge in [0.25, 0.3) is 0 Å². The zero-order valence-electron chi connectivity index (χ0n) is 22.5. The number of halogens is 1. The molecule has 0 fully saturated rings. The normalized spacial score (nSPS) is 11.6. The van der Waals surface area contributed by atoms with Crippen LogP contribution in [-0.2, 0) is 14.3 Å². The molecule has 202 valence electrons. The largest absolute Gasteiger partial charge is 0.481 e. The van der Waals surface area contributed by atoms with Crippen LogP contribution in [0.3, 0.4) is 0 Å². The minimum Gasteiger partial charge on any atom is -0.481 e. The predicted molar refractivity (Wildman–Crippen MR) is 150 cm³/mol. The first kappa shape index (κ1) is 33.5. The van der Waals surface area contributed by atoms with Gasteiger partial charge in [0.05, 0.1) is 6.61 Å². The molecule has 0 saturated heterocycles. The molecule has 0 saturated carbocycles. The first-order chi connectivity index (χ1) is 17.2. The fourth-order valence-electron chi connectivity index (χ4n) is 3.04. The van der Waals surface area contributed by atoms with Crippen LogP contribution in [0.5, 0.6) is 5.75 Å². The lowest BCUT2D eigenvalue weighted by atomic mass is 10.1. The highest BCUT2D eigenvalue weighted by Gasteiger charge is 2.31. The molecule has 0 heterocycles. The number of allylic oxidation sites excluding steroid dienone is 6. The third-order valence-electron chi connectivity index (χ3n) is 5.00. The second-order valence-corrected chi connectivity index (χ2v) is 9.22. The fourth-order valence-corrected chi connectivity index (χ4v) is 3.17. The minimum atomic E-state index is -0.996. The number of hydrogen-bond donors (Lipinski definition) is 1. The summed E-state index contributed by atoms with van der Waals surface area (Å²) in [6.45, 7) is 7.58. The summed E-state index contributed by atoms with van der Waals surface area (Å²) in [7, 11) is 0. The van der Waals surface area contributed by atoms with Crippen LogP contribution in [0, 0.1) is 0 Å². The summed E-state index contributed by atoms with van der Waals surface area (Å²) in [4.78, 5) is 21.9. The van der Waals surface area contributed by atoms with Gasteiger partial charge in [0.2, 0.25) is 0 Å². The van der Waals surface area contributed by atoms with Crippen LogP contribution >= 0.6 is 11.6 Å². The van der Waals surface area contributed by atoms with Gasteiger partial charge in [-0.3, -0.25) is 4.79 Å². The van der Waals surface area contributed by atoms with Gasteiger partial charge in [-0.1, -0.05) is 74.2 Å². The highest BCUT2D eigenvalue weighted by Crippen LogP contribution is 2.21. The van der Waals surface area contributed by atoms with Crippen molar-refractivity contribution in [1.29, 1.82) is 0 Å². The van der Waals surface area contributed by atoms with Gasteiger partial charge in [0.15, 0.2) is 5.60 Å². The smallest absolute Gasteiger partial charge is 0.349 e. The van der Waals surface area contributed by atoms with E-state index in [1.807, 2.05) is 0 Å². The molecular weight excluding hydrogens is 476 g/mol. The lowest BCUT2D eigenvalue weighted by Crippen LogP contribution is -2.39. The molecule has 0 unspecified atom stereocenters. The quantitative estimate of drug-likeness (QED) is 0.126. The molecule has 5 nitrogen and oxygen atoms in total. The van der Waals surface area contributed by atoms with Crippen LogP contribution in [0.15, 0.2) is 60.7 Å². The summed E-state index contributed by atoms with van der Waals surface area (Å²) >= 11 is 5.75. The molecule has 0 amide bonds. The van der Waals surface area contributed by atoms with Crippen LogP contribution in [0.25, 0.3) is 0 Å². The Kier molecular flexibility index (Phi) is 20.2. The Morgan fingerprint density at radius 1 is 0.861 bits per heavy atom. The van der Waals surface area contributed by atoms with Crippen molar-refractivity contribution in [2.75, 3.05) is 6.61 Å². The summed E-state index contributed by atoms with van der Waals surface area (Å²) in [5.74, 6) is -0.474. The molecule has 1 aromatic carbocycles. The molecule has 1 N–H and O–H groups in total. The minimum absolute atomic E-state index is 0.319. The van der Waals surface area contributed by atoms with Crippen LogP contribution in [-0.4, -0.2) is 29.3 Å². The Morgan fingerprint density at radius 3 is 2.00 bits per heavy atom. The van der Waals surface area contributed by atoms with Gasteiger partial charge in [-0.2, -0.15) is 0 Å². The topological polar surface area (TPSA) is 72.8 Å². The van der Waals surface area contributed by atoms with Crippen LogP contribution < -0.4 is 4.74 Å². The van der Waals surface area contributed by atoms with Gasteiger partial charge in [0, 0.05) is 11.4 Å². The number of carboxylic acid groups (broad SMARTS) is 1. The zero-order chi connectivity index (χ0) is 27.1. The molecule has 1 aromatic rings. The Balaban J connectivity index is 0.000000696. The number of ether oxygens (including phenoxy) is 2. The van der Waals surface area contributed by atoms with Crippen LogP contribution in [0.1, 0.15) is 91.9 Å². The van der Waals surface area contributed by atoms with Gasteiger partial charge in [-0.25, -0.2) is 4.79 Å². The van der Waals surface area contributed by atoms with Gasteiger partial charge in [-0.05, 0) is 83.6 Å². The standard InChI is InChI=1S/C18H30O2.C12H15ClO3/c1-2-3-4-5-6-7-8-9-10-11-12-13-14-15-16-17-18(19)20;1-4-15-11(14)12(2,3)16-10-7-5-9(13)6-8-10/h3-4,6-7,9-10H,2,5,8,11-17H2,1H3,(H,19,20);5-8H,4H2,1-3H3/b4-3-,7-6-,10-9-;. The average molecular weight is 521 g/mol. The van der Waals surface area contributed by atoms with E-state index in [1.54, 1.807) is 45.0 Å². The van der Waals surface area contributed by atoms with Gasteiger partial charge < -0.3 is 14.6 Å². The molecule has 36 heavy (non-hydrogen) atoms. The Bertz CT molecular complexity index is 794. The maximum atomic E-state index is 11.6. The van der Waals surface area contributed by atoms with Crippen molar-refractivity contribution >= 4 is 23.5 Å². The van der Waals surface area contributed by atoms with Gasteiger partial charge in [-0.15, -0.1) is 0 Å². The number of benzene rings is 1. The maximum Gasteiger partial charge on any atom is 0.349 e. The second kappa shape index (κ2) is 21.7. The number of rotatable bonds is 17. The Hall–Kier alpha value is -2.53. The van der Waals surface area contributed by atoms with E-state index in [0.29, 0.717) is 23.8 Å². The molecule has 0 aliphatic rings. The summed E-state index contributed by atoms with van der Waals surface area (Å²) in [5.41, 5.74) is -0.996. The molecule has 0 atom stereocenters. The van der Waals surface area contributed by atoms with Crippen molar-refractivity contribution in [3.05, 3.63) is 65.7 Å². The van der Waals surface area contributed by atoms with E-state index in [1.165, 1.54) is 12.8 Å². The van der Waals surface area contributed by atoms with Crippen molar-refractivity contribution in [3.63, 3.8) is 0 Å². The number of carbonyl (C=O) groups excluding carboxylic acids is 1. The van der Waals surface area contributed by atoms with Crippen molar-refractivity contribution in [3.8, 4) is 5.75 Å². The van der Waals surface area contributed by atoms with Crippen LogP contribution in [0.2, 0.25) is 5.02 Å². The number of carbonyl (C=O) groups is 2. The lowest BCUT2D eigenvalue weighted by Gasteiger charge is -2.23. The van der Waals surface area contributed by atoms with E-state index in [4.69, 9.17) is 26.2 Å². The lowest BCUT2D eigenvalue weighted by molar-refractivity contribution is -0.158. The summed E-state index contributed by atoms with van der Waals surface area (Å²) in [5, 5.41) is 9.13. The highest BCUT2D eigenvalue weighted by atomic mass is 35.5. The number of unbranched alkanes of at least 4 members (excludes halogenated alkanes) is 5. The SMILES string of the molecule is CC/C=C\C/C=C\C/C=C\CCCCCCCC(=O)O.CCOC(=O)C(C)(C)Oc1ccc(Cl)cc1. The van der Waals surface area contributed by atoms with Crippen molar-refractivity contribution < 1.29 is 24.2 Å². The molecule has 1 rings (SSSR count). The molecule has 0 aliphatic heterocycles. The molecule has 0 radical (unpaired) electrons. The number of aliphatic carboxylic acids is 1.